The van der Waals surface area contributed by atoms with Crippen LogP contribution in [0.4, 0.5) is 5.69 Å². The van der Waals surface area contributed by atoms with Crippen LogP contribution >= 0.6 is 0 Å². The first-order valence-corrected chi connectivity index (χ1v) is 9.71. The van der Waals surface area contributed by atoms with E-state index in [-0.39, 0.29) is 18.2 Å². The van der Waals surface area contributed by atoms with Crippen molar-refractivity contribution in [1.82, 2.24) is 9.88 Å². The van der Waals surface area contributed by atoms with Crippen molar-refractivity contribution < 1.29 is 19.2 Å². The fourth-order valence-electron chi connectivity index (χ4n) is 3.72. The standard InChI is InChI=1S/C21H23N3O5/c25-17(14-28-18-7-3-6-16(11-18)24(26)27)13-23-10-4-5-15(12-23)21-22-19-8-1-2-9-20(19)29-21/h1-3,6-9,11,15,17,25H,4-5,10,12-14H2. The number of fused-ring (bicyclic) bond motifs is 1. The Morgan fingerprint density at radius 1 is 1.31 bits per heavy atom. The van der Waals surface area contributed by atoms with E-state index in [1.807, 2.05) is 24.3 Å². The van der Waals surface area contributed by atoms with Crippen LogP contribution < -0.4 is 4.74 Å². The van der Waals surface area contributed by atoms with Crippen LogP contribution in [-0.2, 0) is 0 Å². The van der Waals surface area contributed by atoms with Gasteiger partial charge in [0.2, 0.25) is 0 Å². The molecule has 29 heavy (non-hydrogen) atoms. The average molecular weight is 397 g/mol. The molecule has 1 aliphatic rings. The van der Waals surface area contributed by atoms with E-state index in [4.69, 9.17) is 9.15 Å². The molecule has 0 saturated carbocycles. The van der Waals surface area contributed by atoms with Crippen LogP contribution in [0.25, 0.3) is 11.1 Å². The maximum atomic E-state index is 10.8. The number of oxazole rings is 1. The molecular weight excluding hydrogens is 374 g/mol. The zero-order chi connectivity index (χ0) is 20.2. The molecule has 1 N–H and O–H groups in total. The quantitative estimate of drug-likeness (QED) is 0.482. The predicted octanol–water partition coefficient (Wildman–Crippen LogP) is 3.36. The van der Waals surface area contributed by atoms with E-state index in [1.165, 1.54) is 12.1 Å². The molecule has 2 atom stereocenters. The van der Waals surface area contributed by atoms with Gasteiger partial charge in [-0.15, -0.1) is 0 Å². The number of nitro benzene ring substituents is 1. The van der Waals surface area contributed by atoms with Crippen molar-refractivity contribution in [1.29, 1.82) is 0 Å². The Morgan fingerprint density at radius 3 is 3.00 bits per heavy atom. The average Bonchev–Trinajstić information content (AvgIpc) is 3.17. The molecular formula is C21H23N3O5. The number of non-ortho nitro benzene ring substituents is 1. The number of likely N-dealkylation sites (tertiary alicyclic amines) is 1. The van der Waals surface area contributed by atoms with Crippen LogP contribution in [-0.4, -0.2) is 52.3 Å². The second-order valence-electron chi connectivity index (χ2n) is 7.34. The topological polar surface area (TPSA) is 102 Å². The maximum Gasteiger partial charge on any atom is 0.273 e. The highest BCUT2D eigenvalue weighted by molar-refractivity contribution is 5.72. The van der Waals surface area contributed by atoms with Gasteiger partial charge in [0.15, 0.2) is 11.5 Å². The summed E-state index contributed by atoms with van der Waals surface area (Å²) in [6.45, 7) is 2.20. The van der Waals surface area contributed by atoms with Gasteiger partial charge in [0.1, 0.15) is 24.0 Å². The number of aliphatic hydroxyl groups excluding tert-OH is 1. The SMILES string of the molecule is O=[N+]([O-])c1cccc(OCC(O)CN2CCCC(c3nc4ccccc4o3)C2)c1. The Labute approximate surface area is 167 Å². The lowest BCUT2D eigenvalue weighted by Gasteiger charge is -2.32. The van der Waals surface area contributed by atoms with Crippen molar-refractivity contribution >= 4 is 16.8 Å². The third kappa shape index (κ3) is 4.72. The summed E-state index contributed by atoms with van der Waals surface area (Å²) in [6, 6.07) is 13.7. The number of nitro groups is 1. The van der Waals surface area contributed by atoms with Gasteiger partial charge in [0, 0.05) is 25.1 Å². The molecule has 0 radical (unpaired) electrons. The highest BCUT2D eigenvalue weighted by Gasteiger charge is 2.26. The van der Waals surface area contributed by atoms with Gasteiger partial charge < -0.3 is 14.3 Å². The minimum Gasteiger partial charge on any atom is -0.491 e. The molecule has 0 bridgehead atoms. The number of benzene rings is 2. The summed E-state index contributed by atoms with van der Waals surface area (Å²) >= 11 is 0. The molecule has 2 aromatic carbocycles. The largest absolute Gasteiger partial charge is 0.491 e. The third-order valence-electron chi connectivity index (χ3n) is 5.10. The van der Waals surface area contributed by atoms with Gasteiger partial charge in [-0.3, -0.25) is 15.0 Å². The molecule has 4 rings (SSSR count). The number of piperidine rings is 1. The number of β-amino-alcohol motifs (C(OH)–C–C–N with tert-alkyl or cyclic N) is 1. The van der Waals surface area contributed by atoms with Gasteiger partial charge in [0.25, 0.3) is 5.69 Å². The Balaban J connectivity index is 1.32. The van der Waals surface area contributed by atoms with Crippen molar-refractivity contribution in [3.8, 4) is 5.75 Å². The molecule has 8 nitrogen and oxygen atoms in total. The Kier molecular flexibility index (Phi) is 5.73. The van der Waals surface area contributed by atoms with Crippen LogP contribution in [0.1, 0.15) is 24.7 Å². The lowest BCUT2D eigenvalue weighted by atomic mass is 9.98. The molecule has 8 heteroatoms. The van der Waals surface area contributed by atoms with Crippen molar-refractivity contribution in [2.24, 2.45) is 0 Å². The highest BCUT2D eigenvalue weighted by Crippen LogP contribution is 2.29. The van der Waals surface area contributed by atoms with Crippen molar-refractivity contribution in [2.45, 2.75) is 24.9 Å². The van der Waals surface area contributed by atoms with E-state index in [0.717, 1.165) is 42.9 Å². The molecule has 3 aromatic rings. The number of nitrogens with zero attached hydrogens (tertiary/aromatic N) is 3. The molecule has 1 saturated heterocycles. The summed E-state index contributed by atoms with van der Waals surface area (Å²) in [4.78, 5) is 17.2. The number of para-hydroxylation sites is 2. The zero-order valence-corrected chi connectivity index (χ0v) is 15.9. The minimum absolute atomic E-state index is 0.0332. The summed E-state index contributed by atoms with van der Waals surface area (Å²) in [7, 11) is 0. The molecule has 152 valence electrons. The van der Waals surface area contributed by atoms with E-state index in [1.54, 1.807) is 12.1 Å². The number of aliphatic hydroxyl groups is 1. The van der Waals surface area contributed by atoms with Crippen molar-refractivity contribution in [3.05, 3.63) is 64.5 Å². The predicted molar refractivity (Wildman–Crippen MR) is 107 cm³/mol. The molecule has 2 heterocycles. The summed E-state index contributed by atoms with van der Waals surface area (Å²) < 4.78 is 11.5. The number of rotatable bonds is 7. The van der Waals surface area contributed by atoms with Gasteiger partial charge in [0.05, 0.1) is 11.0 Å². The van der Waals surface area contributed by atoms with Crippen LogP contribution in [0, 0.1) is 10.1 Å². The van der Waals surface area contributed by atoms with E-state index >= 15 is 0 Å². The van der Waals surface area contributed by atoms with Crippen LogP contribution in [0.3, 0.4) is 0 Å². The van der Waals surface area contributed by atoms with Crippen molar-refractivity contribution in [2.75, 3.05) is 26.2 Å². The second kappa shape index (κ2) is 8.59. The number of hydrogen-bond donors (Lipinski definition) is 1. The number of ether oxygens (including phenoxy) is 1. The van der Waals surface area contributed by atoms with Crippen LogP contribution in [0.2, 0.25) is 0 Å². The van der Waals surface area contributed by atoms with Crippen molar-refractivity contribution in [3.63, 3.8) is 0 Å². The maximum absolute atomic E-state index is 10.8. The molecule has 0 aliphatic carbocycles. The van der Waals surface area contributed by atoms with Crippen LogP contribution in [0.15, 0.2) is 52.9 Å². The lowest BCUT2D eigenvalue weighted by Crippen LogP contribution is -2.41. The highest BCUT2D eigenvalue weighted by atomic mass is 16.6. The number of hydrogen-bond acceptors (Lipinski definition) is 7. The van der Waals surface area contributed by atoms with E-state index < -0.39 is 11.0 Å². The molecule has 1 aromatic heterocycles. The second-order valence-corrected chi connectivity index (χ2v) is 7.34. The normalized spacial score (nSPS) is 18.6. The number of aromatic nitrogens is 1. The summed E-state index contributed by atoms with van der Waals surface area (Å²) in [5, 5.41) is 21.2. The zero-order valence-electron chi connectivity index (χ0n) is 15.9. The van der Waals surface area contributed by atoms with E-state index in [2.05, 4.69) is 9.88 Å². The fourth-order valence-corrected chi connectivity index (χ4v) is 3.72. The summed E-state index contributed by atoms with van der Waals surface area (Å²) in [5.74, 6) is 1.32. The van der Waals surface area contributed by atoms with Gasteiger partial charge in [-0.25, -0.2) is 4.98 Å². The van der Waals surface area contributed by atoms with E-state index in [0.29, 0.717) is 12.3 Å². The summed E-state index contributed by atoms with van der Waals surface area (Å²) in [6.07, 6.45) is 1.31. The molecule has 0 spiro atoms. The fraction of sp³-hybridized carbons (Fsp3) is 0.381. The van der Waals surface area contributed by atoms with Gasteiger partial charge in [-0.2, -0.15) is 0 Å². The van der Waals surface area contributed by atoms with Gasteiger partial charge in [-0.05, 0) is 37.6 Å². The third-order valence-corrected chi connectivity index (χ3v) is 5.10. The molecule has 1 aliphatic heterocycles. The minimum atomic E-state index is -0.698. The first-order valence-electron chi connectivity index (χ1n) is 9.71. The van der Waals surface area contributed by atoms with Gasteiger partial charge >= 0.3 is 0 Å². The molecule has 2 unspecified atom stereocenters. The van der Waals surface area contributed by atoms with Crippen LogP contribution in [0.5, 0.6) is 5.75 Å². The Hall–Kier alpha value is -2.97. The van der Waals surface area contributed by atoms with Gasteiger partial charge in [-0.1, -0.05) is 18.2 Å². The smallest absolute Gasteiger partial charge is 0.273 e. The van der Waals surface area contributed by atoms with E-state index in [9.17, 15) is 15.2 Å². The first kappa shape index (κ1) is 19.4. The molecule has 1 fully saturated rings. The monoisotopic (exact) mass is 397 g/mol. The molecule has 0 amide bonds. The Bertz CT molecular complexity index is 956. The lowest BCUT2D eigenvalue weighted by molar-refractivity contribution is -0.384. The first-order chi connectivity index (χ1) is 14.1. The Morgan fingerprint density at radius 2 is 2.17 bits per heavy atom. The summed E-state index contributed by atoms with van der Waals surface area (Å²) in [5.41, 5.74) is 1.63.